The first-order valence-electron chi connectivity index (χ1n) is 9.15. The maximum atomic E-state index is 12.9. The van der Waals surface area contributed by atoms with Gasteiger partial charge in [-0.15, -0.1) is 0 Å². The lowest BCUT2D eigenvalue weighted by Crippen LogP contribution is -2.45. The monoisotopic (exact) mass is 460 g/mol. The highest BCUT2D eigenvalue weighted by molar-refractivity contribution is 7.92. The van der Waals surface area contributed by atoms with Crippen molar-refractivity contribution in [3.63, 3.8) is 0 Å². The minimum absolute atomic E-state index is 0.178. The first-order chi connectivity index (χ1) is 13.7. The van der Waals surface area contributed by atoms with E-state index < -0.39 is 45.5 Å². The zero-order valence-corrected chi connectivity index (χ0v) is 16.9. The van der Waals surface area contributed by atoms with E-state index in [1.54, 1.807) is 17.3 Å². The number of hydrogen-bond donors (Lipinski definition) is 1. The van der Waals surface area contributed by atoms with Crippen LogP contribution in [0.4, 0.5) is 26.3 Å². The van der Waals surface area contributed by atoms with Crippen LogP contribution in [-0.4, -0.2) is 56.8 Å². The van der Waals surface area contributed by atoms with Crippen molar-refractivity contribution in [2.75, 3.05) is 20.1 Å². The summed E-state index contributed by atoms with van der Waals surface area (Å²) in [4.78, 5) is 12.8. The molecule has 0 aliphatic heterocycles. The molecule has 30 heavy (non-hydrogen) atoms. The van der Waals surface area contributed by atoms with Gasteiger partial charge in [-0.25, -0.2) is 8.42 Å². The van der Waals surface area contributed by atoms with Crippen LogP contribution in [0.2, 0.25) is 0 Å². The third-order valence-electron chi connectivity index (χ3n) is 5.07. The largest absolute Gasteiger partial charge is 0.416 e. The number of alkyl halides is 6. The minimum Gasteiger partial charge on any atom is -0.346 e. The molecule has 0 spiro atoms. The van der Waals surface area contributed by atoms with Gasteiger partial charge in [0.2, 0.25) is 5.91 Å². The lowest BCUT2D eigenvalue weighted by atomic mass is 9.94. The molecule has 5 nitrogen and oxygen atoms in total. The van der Waals surface area contributed by atoms with Crippen LogP contribution in [0.1, 0.15) is 31.2 Å². The van der Waals surface area contributed by atoms with Crippen molar-refractivity contribution in [1.29, 1.82) is 0 Å². The van der Waals surface area contributed by atoms with E-state index in [9.17, 15) is 39.6 Å². The average Bonchev–Trinajstić information content (AvgIpc) is 2.65. The van der Waals surface area contributed by atoms with E-state index in [1.807, 2.05) is 0 Å². The molecule has 12 heteroatoms. The van der Waals surface area contributed by atoms with Crippen molar-refractivity contribution in [3.8, 4) is 0 Å². The number of carbonyl (C=O) groups is 1. The number of amides is 1. The van der Waals surface area contributed by atoms with Crippen LogP contribution in [0.25, 0.3) is 0 Å². The van der Waals surface area contributed by atoms with Gasteiger partial charge < -0.3 is 5.32 Å². The van der Waals surface area contributed by atoms with Crippen LogP contribution in [0.3, 0.4) is 0 Å². The molecule has 0 aromatic heterocycles. The quantitative estimate of drug-likeness (QED) is 0.661. The zero-order chi connectivity index (χ0) is 22.7. The van der Waals surface area contributed by atoms with Gasteiger partial charge in [-0.2, -0.15) is 26.3 Å². The normalized spacial score (nSPS) is 20.9. The fourth-order valence-corrected chi connectivity index (χ4v) is 5.29. The van der Waals surface area contributed by atoms with Crippen molar-refractivity contribution in [1.82, 2.24) is 10.2 Å². The summed E-state index contributed by atoms with van der Waals surface area (Å²) >= 11 is 0. The Morgan fingerprint density at radius 1 is 1.10 bits per heavy atom. The lowest BCUT2D eigenvalue weighted by molar-refractivity contribution is -0.139. The summed E-state index contributed by atoms with van der Waals surface area (Å²) in [6.45, 7) is -1.70. The van der Waals surface area contributed by atoms with Crippen LogP contribution < -0.4 is 5.32 Å². The van der Waals surface area contributed by atoms with E-state index in [1.165, 1.54) is 0 Å². The molecule has 0 atom stereocenters. The Labute approximate surface area is 170 Å². The predicted octanol–water partition coefficient (Wildman–Crippen LogP) is 3.40. The van der Waals surface area contributed by atoms with Crippen molar-refractivity contribution < 1.29 is 39.6 Å². The first-order valence-corrected chi connectivity index (χ1v) is 10.7. The third-order valence-corrected chi connectivity index (χ3v) is 7.33. The standard InChI is InChI=1S/C18H22F6N2O3S/c1-26(10-16(27)25-11-17(19,20)21)13-5-7-14(8-6-13)30(28,29)15-4-2-3-12(9-15)18(22,23)24/h2-4,9,13-14H,5-8,10-11H2,1H3,(H,25,27)/t13-,14-. The van der Waals surface area contributed by atoms with Gasteiger partial charge in [0.15, 0.2) is 9.84 Å². The number of nitrogens with zero attached hydrogens (tertiary/aromatic N) is 1. The molecule has 1 saturated carbocycles. The maximum absolute atomic E-state index is 12.9. The molecule has 1 fully saturated rings. The maximum Gasteiger partial charge on any atom is 0.416 e. The van der Waals surface area contributed by atoms with Crippen LogP contribution in [0.5, 0.6) is 0 Å². The summed E-state index contributed by atoms with van der Waals surface area (Å²) in [6, 6.07) is 3.39. The van der Waals surface area contributed by atoms with Gasteiger partial charge in [0, 0.05) is 6.04 Å². The number of likely N-dealkylation sites (N-methyl/N-ethyl adjacent to an activating group) is 1. The molecular formula is C18H22F6N2O3S. The Bertz CT molecular complexity index is 846. The third kappa shape index (κ3) is 6.59. The molecule has 1 aliphatic carbocycles. The number of nitrogens with one attached hydrogen (secondary N) is 1. The summed E-state index contributed by atoms with van der Waals surface area (Å²) in [5.74, 6) is -0.798. The van der Waals surface area contributed by atoms with E-state index in [0.29, 0.717) is 18.9 Å². The number of rotatable bonds is 6. The van der Waals surface area contributed by atoms with Crippen LogP contribution >= 0.6 is 0 Å². The second-order valence-corrected chi connectivity index (χ2v) is 9.54. The fraction of sp³-hybridized carbons (Fsp3) is 0.611. The van der Waals surface area contributed by atoms with Gasteiger partial charge in [-0.3, -0.25) is 9.69 Å². The Balaban J connectivity index is 1.95. The topological polar surface area (TPSA) is 66.5 Å². The van der Waals surface area contributed by atoms with E-state index in [2.05, 4.69) is 0 Å². The molecule has 0 bridgehead atoms. The van der Waals surface area contributed by atoms with Crippen molar-refractivity contribution in [2.24, 2.45) is 0 Å². The van der Waals surface area contributed by atoms with Crippen molar-refractivity contribution in [3.05, 3.63) is 29.8 Å². The van der Waals surface area contributed by atoms with Gasteiger partial charge >= 0.3 is 12.4 Å². The molecule has 0 unspecified atom stereocenters. The number of sulfone groups is 1. The second kappa shape index (κ2) is 9.13. The second-order valence-electron chi connectivity index (χ2n) is 7.31. The Morgan fingerprint density at radius 2 is 1.70 bits per heavy atom. The molecule has 1 N–H and O–H groups in total. The SMILES string of the molecule is CN(CC(=O)NCC(F)(F)F)[C@H]1CC[C@H](S(=O)(=O)c2cccc(C(F)(F)F)c2)CC1. The number of benzene rings is 1. The smallest absolute Gasteiger partial charge is 0.346 e. The Kier molecular flexibility index (Phi) is 7.44. The molecule has 0 heterocycles. The van der Waals surface area contributed by atoms with Crippen molar-refractivity contribution in [2.45, 2.75) is 54.2 Å². The molecular weight excluding hydrogens is 438 g/mol. The first kappa shape index (κ1) is 24.4. The van der Waals surface area contributed by atoms with E-state index in [4.69, 9.17) is 0 Å². The highest BCUT2D eigenvalue weighted by Crippen LogP contribution is 2.34. The molecule has 0 saturated heterocycles. The fourth-order valence-electron chi connectivity index (χ4n) is 3.45. The van der Waals surface area contributed by atoms with E-state index >= 15 is 0 Å². The predicted molar refractivity (Wildman–Crippen MR) is 96.4 cm³/mol. The Morgan fingerprint density at radius 3 is 2.23 bits per heavy atom. The molecule has 0 radical (unpaired) electrons. The molecule has 1 aromatic rings. The molecule has 1 amide bonds. The van der Waals surface area contributed by atoms with Gasteiger partial charge in [-0.1, -0.05) is 6.07 Å². The summed E-state index contributed by atoms with van der Waals surface area (Å²) in [5, 5.41) is 0.914. The van der Waals surface area contributed by atoms with E-state index in [0.717, 1.165) is 18.2 Å². The molecule has 1 aromatic carbocycles. The summed E-state index contributed by atoms with van der Waals surface area (Å²) < 4.78 is 101. The summed E-state index contributed by atoms with van der Waals surface area (Å²) in [6.07, 6.45) is -8.10. The van der Waals surface area contributed by atoms with Gasteiger partial charge in [0.25, 0.3) is 0 Å². The van der Waals surface area contributed by atoms with Gasteiger partial charge in [0.05, 0.1) is 22.3 Å². The van der Waals surface area contributed by atoms with Gasteiger partial charge in [-0.05, 0) is 50.9 Å². The molecule has 170 valence electrons. The zero-order valence-electron chi connectivity index (χ0n) is 16.1. The van der Waals surface area contributed by atoms with Gasteiger partial charge in [0.1, 0.15) is 6.54 Å². The summed E-state index contributed by atoms with van der Waals surface area (Å²) in [7, 11) is -2.41. The summed E-state index contributed by atoms with van der Waals surface area (Å²) in [5.41, 5.74) is -1.04. The number of halogens is 6. The van der Waals surface area contributed by atoms with Crippen LogP contribution in [0, 0.1) is 0 Å². The minimum atomic E-state index is -4.65. The number of hydrogen-bond acceptors (Lipinski definition) is 4. The van der Waals surface area contributed by atoms with Crippen LogP contribution in [0.15, 0.2) is 29.2 Å². The number of carbonyl (C=O) groups excluding carboxylic acids is 1. The van der Waals surface area contributed by atoms with E-state index in [-0.39, 0.29) is 30.3 Å². The highest BCUT2D eigenvalue weighted by Gasteiger charge is 2.36. The van der Waals surface area contributed by atoms with Crippen LogP contribution in [-0.2, 0) is 20.8 Å². The average molecular weight is 460 g/mol. The van der Waals surface area contributed by atoms with Crippen molar-refractivity contribution >= 4 is 15.7 Å². The molecule has 2 rings (SSSR count). The Hall–Kier alpha value is -1.82. The molecule has 1 aliphatic rings. The lowest BCUT2D eigenvalue weighted by Gasteiger charge is -2.34. The highest BCUT2D eigenvalue weighted by atomic mass is 32.2.